The van der Waals surface area contributed by atoms with Crippen molar-refractivity contribution in [1.29, 1.82) is 0 Å². The van der Waals surface area contributed by atoms with Gasteiger partial charge in [0.2, 0.25) is 5.88 Å². The van der Waals surface area contributed by atoms with Crippen molar-refractivity contribution in [2.75, 3.05) is 0 Å². The molecule has 0 saturated heterocycles. The summed E-state index contributed by atoms with van der Waals surface area (Å²) >= 11 is 5.88. The highest BCUT2D eigenvalue weighted by atomic mass is 35.5. The Hall–Kier alpha value is -2.40. The smallest absolute Gasteiger partial charge is 0.218 e. The molecule has 6 heteroatoms. The third kappa shape index (κ3) is 2.48. The Morgan fingerprint density at radius 3 is 2.76 bits per heavy atom. The zero-order chi connectivity index (χ0) is 15.0. The summed E-state index contributed by atoms with van der Waals surface area (Å²) in [6.07, 6.45) is 0. The molecule has 21 heavy (non-hydrogen) atoms. The quantitative estimate of drug-likeness (QED) is 0.613. The molecule has 0 atom stereocenters. The predicted octanol–water partition coefficient (Wildman–Crippen LogP) is 5.39. The standard InChI is InChI=1S/C15H11ClFN3O/c1-8-7-9(16)5-6-12(8)19-20-14-10-3-2-4-11(17)13(10)18-15(14)21/h2-7,18,21H,1H3. The lowest BCUT2D eigenvalue weighted by atomic mass is 10.2. The summed E-state index contributed by atoms with van der Waals surface area (Å²) in [5.74, 6) is -0.669. The van der Waals surface area contributed by atoms with E-state index in [2.05, 4.69) is 15.2 Å². The summed E-state index contributed by atoms with van der Waals surface area (Å²) in [6.45, 7) is 1.86. The number of nitrogens with one attached hydrogen (secondary N) is 1. The molecule has 3 rings (SSSR count). The third-order valence-electron chi connectivity index (χ3n) is 3.15. The summed E-state index contributed by atoms with van der Waals surface area (Å²) in [7, 11) is 0. The molecule has 0 unspecified atom stereocenters. The molecule has 4 nitrogen and oxygen atoms in total. The average Bonchev–Trinajstić information content (AvgIpc) is 2.76. The number of hydrogen-bond acceptors (Lipinski definition) is 3. The van der Waals surface area contributed by atoms with Crippen LogP contribution >= 0.6 is 11.6 Å². The first-order valence-corrected chi connectivity index (χ1v) is 6.61. The van der Waals surface area contributed by atoms with Gasteiger partial charge in [-0.2, -0.15) is 5.11 Å². The van der Waals surface area contributed by atoms with E-state index in [4.69, 9.17) is 11.6 Å². The largest absolute Gasteiger partial charge is 0.493 e. The molecular weight excluding hydrogens is 293 g/mol. The number of azo groups is 1. The van der Waals surface area contributed by atoms with Crippen molar-refractivity contribution in [3.8, 4) is 5.88 Å². The lowest BCUT2D eigenvalue weighted by Gasteiger charge is -1.99. The molecule has 0 aliphatic heterocycles. The highest BCUT2D eigenvalue weighted by molar-refractivity contribution is 6.30. The Labute approximate surface area is 124 Å². The number of para-hydroxylation sites is 1. The van der Waals surface area contributed by atoms with Crippen LogP contribution in [0.1, 0.15) is 5.56 Å². The molecule has 2 N–H and O–H groups in total. The fourth-order valence-corrected chi connectivity index (χ4v) is 2.32. The Morgan fingerprint density at radius 2 is 2.00 bits per heavy atom. The van der Waals surface area contributed by atoms with Gasteiger partial charge in [0, 0.05) is 10.4 Å². The van der Waals surface area contributed by atoms with Gasteiger partial charge in [0.05, 0.1) is 11.2 Å². The van der Waals surface area contributed by atoms with Crippen molar-refractivity contribution >= 4 is 33.9 Å². The molecule has 106 valence electrons. The van der Waals surface area contributed by atoms with Gasteiger partial charge in [0.1, 0.15) is 5.82 Å². The minimum atomic E-state index is -0.452. The minimum Gasteiger partial charge on any atom is -0.493 e. The van der Waals surface area contributed by atoms with Gasteiger partial charge in [-0.1, -0.05) is 23.7 Å². The monoisotopic (exact) mass is 303 g/mol. The second kappa shape index (κ2) is 5.18. The number of H-pyrrole nitrogens is 1. The SMILES string of the molecule is Cc1cc(Cl)ccc1N=Nc1c(O)[nH]c2c(F)cccc12. The molecule has 0 fully saturated rings. The summed E-state index contributed by atoms with van der Waals surface area (Å²) < 4.78 is 13.6. The summed E-state index contributed by atoms with van der Waals surface area (Å²) in [5, 5.41) is 19.1. The van der Waals surface area contributed by atoms with E-state index in [9.17, 15) is 9.50 Å². The summed E-state index contributed by atoms with van der Waals surface area (Å²) in [5.41, 5.74) is 1.90. The molecule has 0 aliphatic carbocycles. The van der Waals surface area contributed by atoms with Crippen molar-refractivity contribution in [1.82, 2.24) is 4.98 Å². The van der Waals surface area contributed by atoms with Gasteiger partial charge in [-0.05, 0) is 36.8 Å². The first kappa shape index (κ1) is 13.6. The lowest BCUT2D eigenvalue weighted by molar-refractivity contribution is 0.459. The molecule has 1 aromatic heterocycles. The minimum absolute atomic E-state index is 0.205. The maximum atomic E-state index is 13.6. The van der Waals surface area contributed by atoms with Crippen molar-refractivity contribution < 1.29 is 9.50 Å². The van der Waals surface area contributed by atoms with E-state index < -0.39 is 5.82 Å². The van der Waals surface area contributed by atoms with E-state index in [1.54, 1.807) is 30.3 Å². The van der Waals surface area contributed by atoms with Crippen LogP contribution in [0.15, 0.2) is 46.6 Å². The number of aromatic amines is 1. The van der Waals surface area contributed by atoms with Crippen LogP contribution in [0.3, 0.4) is 0 Å². The highest BCUT2D eigenvalue weighted by Gasteiger charge is 2.13. The fourth-order valence-electron chi connectivity index (χ4n) is 2.09. The van der Waals surface area contributed by atoms with Crippen molar-refractivity contribution in [3.05, 3.63) is 52.8 Å². The topological polar surface area (TPSA) is 60.7 Å². The number of fused-ring (bicyclic) bond motifs is 1. The van der Waals surface area contributed by atoms with E-state index in [0.717, 1.165) is 5.56 Å². The van der Waals surface area contributed by atoms with Gasteiger partial charge < -0.3 is 10.1 Å². The number of benzene rings is 2. The van der Waals surface area contributed by atoms with Crippen LogP contribution in [0.4, 0.5) is 15.8 Å². The molecular formula is C15H11ClFN3O. The molecule has 2 aromatic carbocycles. The Kier molecular flexibility index (Phi) is 3.35. The summed E-state index contributed by atoms with van der Waals surface area (Å²) in [4.78, 5) is 2.56. The molecule has 0 saturated carbocycles. The van der Waals surface area contributed by atoms with E-state index in [0.29, 0.717) is 16.1 Å². The first-order valence-electron chi connectivity index (χ1n) is 6.23. The van der Waals surface area contributed by atoms with E-state index in [-0.39, 0.29) is 17.1 Å². The van der Waals surface area contributed by atoms with Gasteiger partial charge in [-0.15, -0.1) is 5.11 Å². The van der Waals surface area contributed by atoms with Crippen molar-refractivity contribution in [2.24, 2.45) is 10.2 Å². The highest BCUT2D eigenvalue weighted by Crippen LogP contribution is 2.37. The fraction of sp³-hybridized carbons (Fsp3) is 0.0667. The molecule has 0 bridgehead atoms. The number of rotatable bonds is 2. The average molecular weight is 304 g/mol. The number of halogens is 2. The van der Waals surface area contributed by atoms with Crippen LogP contribution in [0, 0.1) is 12.7 Å². The Bertz CT molecular complexity index is 857. The van der Waals surface area contributed by atoms with Crippen LogP contribution in [0.25, 0.3) is 10.9 Å². The van der Waals surface area contributed by atoms with Crippen LogP contribution in [-0.2, 0) is 0 Å². The second-order valence-corrected chi connectivity index (χ2v) is 5.05. The van der Waals surface area contributed by atoms with Crippen LogP contribution < -0.4 is 0 Å². The molecule has 1 heterocycles. The number of aromatic hydroxyl groups is 1. The molecule has 0 radical (unpaired) electrons. The zero-order valence-electron chi connectivity index (χ0n) is 11.1. The van der Waals surface area contributed by atoms with Crippen LogP contribution in [-0.4, -0.2) is 10.1 Å². The normalized spacial score (nSPS) is 11.6. The maximum absolute atomic E-state index is 13.6. The maximum Gasteiger partial charge on any atom is 0.218 e. The molecule has 0 spiro atoms. The Morgan fingerprint density at radius 1 is 1.19 bits per heavy atom. The third-order valence-corrected chi connectivity index (χ3v) is 3.39. The number of aromatic nitrogens is 1. The van der Waals surface area contributed by atoms with E-state index in [1.807, 2.05) is 6.92 Å². The van der Waals surface area contributed by atoms with Gasteiger partial charge in [-0.3, -0.25) is 0 Å². The van der Waals surface area contributed by atoms with Gasteiger partial charge in [-0.25, -0.2) is 4.39 Å². The lowest BCUT2D eigenvalue weighted by Crippen LogP contribution is -1.75. The zero-order valence-corrected chi connectivity index (χ0v) is 11.8. The summed E-state index contributed by atoms with van der Waals surface area (Å²) in [6, 6.07) is 9.73. The molecule has 0 aliphatic rings. The van der Waals surface area contributed by atoms with Crippen molar-refractivity contribution in [2.45, 2.75) is 6.92 Å². The van der Waals surface area contributed by atoms with Crippen molar-refractivity contribution in [3.63, 3.8) is 0 Å². The van der Waals surface area contributed by atoms with Crippen LogP contribution in [0.2, 0.25) is 5.02 Å². The second-order valence-electron chi connectivity index (χ2n) is 4.62. The first-order chi connectivity index (χ1) is 10.1. The van der Waals surface area contributed by atoms with Gasteiger partial charge in [0.15, 0.2) is 5.69 Å². The van der Waals surface area contributed by atoms with E-state index >= 15 is 0 Å². The number of hydrogen-bond donors (Lipinski definition) is 2. The molecule has 3 aromatic rings. The number of nitrogens with zero attached hydrogens (tertiary/aromatic N) is 2. The Balaban J connectivity index is 2.07. The van der Waals surface area contributed by atoms with Gasteiger partial charge in [0.25, 0.3) is 0 Å². The van der Waals surface area contributed by atoms with Gasteiger partial charge >= 0.3 is 0 Å². The predicted molar refractivity (Wildman–Crippen MR) is 80.3 cm³/mol. The van der Waals surface area contributed by atoms with E-state index in [1.165, 1.54) is 6.07 Å². The number of aryl methyl sites for hydroxylation is 1. The molecule has 0 amide bonds. The van der Waals surface area contributed by atoms with Crippen LogP contribution in [0.5, 0.6) is 5.88 Å².